The number of nitrogens with one attached hydrogen (secondary N) is 1. The largest absolute Gasteiger partial charge is 0.504 e. The molecule has 0 atom stereocenters. The van der Waals surface area contributed by atoms with Crippen LogP contribution < -0.4 is 0 Å². The maximum atomic E-state index is 13.8. The van der Waals surface area contributed by atoms with Gasteiger partial charge in [-0.05, 0) is 23.8 Å². The lowest BCUT2D eigenvalue weighted by atomic mass is 10.1. The Bertz CT molecular complexity index is 841. The SMILES string of the molecule is O=C(C=C(O)c1nc[nH]n1)c1cc(Cc2ccncc2)c(F)o1. The molecule has 0 amide bonds. The highest BCUT2D eigenvalue weighted by Gasteiger charge is 2.17. The first-order chi connectivity index (χ1) is 11.1. The van der Waals surface area contributed by atoms with Crippen LogP contribution in [0.4, 0.5) is 4.39 Å². The van der Waals surface area contributed by atoms with Crippen molar-refractivity contribution in [1.29, 1.82) is 0 Å². The van der Waals surface area contributed by atoms with E-state index in [0.717, 1.165) is 11.6 Å². The molecule has 3 aromatic heterocycles. The van der Waals surface area contributed by atoms with Gasteiger partial charge in [-0.15, -0.1) is 0 Å². The van der Waals surface area contributed by atoms with Gasteiger partial charge < -0.3 is 9.52 Å². The van der Waals surface area contributed by atoms with Gasteiger partial charge in [0.25, 0.3) is 6.01 Å². The van der Waals surface area contributed by atoms with Crippen molar-refractivity contribution in [3.63, 3.8) is 0 Å². The molecule has 3 rings (SSSR count). The summed E-state index contributed by atoms with van der Waals surface area (Å²) in [5.74, 6) is -1.38. The lowest BCUT2D eigenvalue weighted by Gasteiger charge is -1.96. The number of hydrogen-bond acceptors (Lipinski definition) is 6. The monoisotopic (exact) mass is 314 g/mol. The van der Waals surface area contributed by atoms with Gasteiger partial charge in [-0.25, -0.2) is 4.98 Å². The average molecular weight is 314 g/mol. The number of ketones is 1. The standard InChI is InChI=1S/C15H11FN4O3/c16-14-10(5-9-1-3-17-4-2-9)6-13(23-14)11(21)7-12(22)15-18-8-19-20-15/h1-4,6-8,22H,5H2,(H,18,19,20). The van der Waals surface area contributed by atoms with Crippen molar-refractivity contribution in [2.75, 3.05) is 0 Å². The minimum atomic E-state index is -0.837. The Morgan fingerprint density at radius 1 is 1.39 bits per heavy atom. The second-order valence-electron chi connectivity index (χ2n) is 4.66. The molecule has 0 radical (unpaired) electrons. The van der Waals surface area contributed by atoms with Crippen LogP contribution in [0.3, 0.4) is 0 Å². The average Bonchev–Trinajstić information content (AvgIpc) is 3.19. The van der Waals surface area contributed by atoms with Crippen LogP contribution in [-0.4, -0.2) is 31.1 Å². The highest BCUT2D eigenvalue weighted by atomic mass is 19.1. The van der Waals surface area contributed by atoms with Crippen molar-refractivity contribution in [3.05, 3.63) is 71.7 Å². The smallest absolute Gasteiger partial charge is 0.281 e. The summed E-state index contributed by atoms with van der Waals surface area (Å²) in [6.45, 7) is 0. The van der Waals surface area contributed by atoms with Crippen LogP contribution in [-0.2, 0) is 6.42 Å². The Balaban J connectivity index is 1.80. The van der Waals surface area contributed by atoms with E-state index in [0.29, 0.717) is 0 Å². The Kier molecular flexibility index (Phi) is 3.96. The Morgan fingerprint density at radius 2 is 2.17 bits per heavy atom. The highest BCUT2D eigenvalue weighted by Crippen LogP contribution is 2.19. The summed E-state index contributed by atoms with van der Waals surface area (Å²) in [6.07, 6.45) is 5.58. The summed E-state index contributed by atoms with van der Waals surface area (Å²) in [4.78, 5) is 19.6. The number of halogens is 1. The molecule has 0 aliphatic rings. The van der Waals surface area contributed by atoms with Crippen LogP contribution >= 0.6 is 0 Å². The molecule has 0 unspecified atom stereocenters. The molecule has 0 aliphatic heterocycles. The van der Waals surface area contributed by atoms with Crippen molar-refractivity contribution >= 4 is 11.5 Å². The summed E-state index contributed by atoms with van der Waals surface area (Å²) in [7, 11) is 0. The van der Waals surface area contributed by atoms with Crippen LogP contribution in [0.5, 0.6) is 0 Å². The number of H-pyrrole nitrogens is 1. The summed E-state index contributed by atoms with van der Waals surface area (Å²) in [5, 5.41) is 15.7. The Hall–Kier alpha value is -3.29. The zero-order valence-corrected chi connectivity index (χ0v) is 11.7. The number of aromatic amines is 1. The molecule has 0 saturated carbocycles. The van der Waals surface area contributed by atoms with E-state index in [4.69, 9.17) is 4.42 Å². The molecule has 3 heterocycles. The van der Waals surface area contributed by atoms with Crippen molar-refractivity contribution in [2.45, 2.75) is 6.42 Å². The molecule has 0 aliphatic carbocycles. The second kappa shape index (κ2) is 6.22. The van der Waals surface area contributed by atoms with Gasteiger partial charge in [0.1, 0.15) is 6.33 Å². The number of hydrogen-bond donors (Lipinski definition) is 2. The quantitative estimate of drug-likeness (QED) is 0.425. The van der Waals surface area contributed by atoms with Gasteiger partial charge in [-0.2, -0.15) is 9.49 Å². The molecule has 7 nitrogen and oxygen atoms in total. The van der Waals surface area contributed by atoms with E-state index in [1.807, 2.05) is 0 Å². The number of pyridine rings is 1. The van der Waals surface area contributed by atoms with Crippen LogP contribution in [0.2, 0.25) is 0 Å². The zero-order chi connectivity index (χ0) is 16.2. The molecular formula is C15H11FN4O3. The minimum absolute atomic E-state index is 0.0395. The van der Waals surface area contributed by atoms with E-state index in [1.165, 1.54) is 12.4 Å². The number of allylic oxidation sites excluding steroid dienone is 1. The number of carbonyl (C=O) groups excluding carboxylic acids is 1. The first-order valence-corrected chi connectivity index (χ1v) is 6.61. The molecule has 0 saturated heterocycles. The fourth-order valence-corrected chi connectivity index (χ4v) is 1.96. The second-order valence-corrected chi connectivity index (χ2v) is 4.66. The van der Waals surface area contributed by atoms with Gasteiger partial charge in [0, 0.05) is 30.5 Å². The minimum Gasteiger partial charge on any atom is -0.504 e. The van der Waals surface area contributed by atoms with Gasteiger partial charge in [-0.3, -0.25) is 14.9 Å². The zero-order valence-electron chi connectivity index (χ0n) is 11.7. The third-order valence-corrected chi connectivity index (χ3v) is 3.06. The maximum Gasteiger partial charge on any atom is 0.281 e. The van der Waals surface area contributed by atoms with Gasteiger partial charge in [0.2, 0.25) is 11.6 Å². The molecule has 8 heteroatoms. The highest BCUT2D eigenvalue weighted by molar-refractivity contribution is 6.05. The molecule has 3 aromatic rings. The molecule has 0 bridgehead atoms. The third-order valence-electron chi connectivity index (χ3n) is 3.06. The van der Waals surface area contributed by atoms with E-state index in [1.54, 1.807) is 24.5 Å². The number of aliphatic hydroxyl groups excluding tert-OH is 1. The summed E-state index contributed by atoms with van der Waals surface area (Å²) >= 11 is 0. The van der Waals surface area contributed by atoms with E-state index in [2.05, 4.69) is 20.2 Å². The number of nitrogens with zero attached hydrogens (tertiary/aromatic N) is 3. The van der Waals surface area contributed by atoms with Crippen molar-refractivity contribution in [2.24, 2.45) is 0 Å². The van der Waals surface area contributed by atoms with E-state index in [9.17, 15) is 14.3 Å². The normalized spacial score (nSPS) is 11.6. The number of rotatable bonds is 5. The van der Waals surface area contributed by atoms with Crippen LogP contribution in [0.1, 0.15) is 27.5 Å². The molecule has 23 heavy (non-hydrogen) atoms. The topological polar surface area (TPSA) is 105 Å². The van der Waals surface area contributed by atoms with Gasteiger partial charge in [0.05, 0.1) is 0 Å². The summed E-state index contributed by atoms with van der Waals surface area (Å²) < 4.78 is 18.7. The first-order valence-electron chi connectivity index (χ1n) is 6.61. The maximum absolute atomic E-state index is 13.8. The molecule has 0 spiro atoms. The summed E-state index contributed by atoms with van der Waals surface area (Å²) in [6, 6.07) is 3.95. The third kappa shape index (κ3) is 3.31. The number of aliphatic hydroxyl groups is 1. The fraction of sp³-hybridized carbons (Fsp3) is 0.0667. The number of carbonyl (C=O) groups is 1. The van der Waals surface area contributed by atoms with E-state index in [-0.39, 0.29) is 23.6 Å². The van der Waals surface area contributed by atoms with E-state index >= 15 is 0 Å². The van der Waals surface area contributed by atoms with Gasteiger partial charge >= 0.3 is 0 Å². The lowest BCUT2D eigenvalue weighted by molar-refractivity contribution is 0.101. The number of furan rings is 1. The Labute approximate surface area is 129 Å². The Morgan fingerprint density at radius 3 is 2.87 bits per heavy atom. The van der Waals surface area contributed by atoms with Gasteiger partial charge in [-0.1, -0.05) is 0 Å². The number of aromatic nitrogens is 4. The van der Waals surface area contributed by atoms with Crippen LogP contribution in [0.25, 0.3) is 5.76 Å². The predicted octanol–water partition coefficient (Wildman–Crippen LogP) is 2.30. The molecule has 0 aromatic carbocycles. The lowest BCUT2D eigenvalue weighted by Crippen LogP contribution is -1.96. The molecule has 2 N–H and O–H groups in total. The van der Waals surface area contributed by atoms with Crippen molar-refractivity contribution in [1.82, 2.24) is 20.2 Å². The predicted molar refractivity (Wildman–Crippen MR) is 77.0 cm³/mol. The molecule has 0 fully saturated rings. The molecule has 116 valence electrons. The van der Waals surface area contributed by atoms with Crippen molar-refractivity contribution < 1.29 is 18.7 Å². The summed E-state index contributed by atoms with van der Waals surface area (Å²) in [5.41, 5.74) is 1.07. The van der Waals surface area contributed by atoms with Crippen LogP contribution in [0.15, 0.2) is 47.4 Å². The molecular weight excluding hydrogens is 303 g/mol. The van der Waals surface area contributed by atoms with Crippen molar-refractivity contribution in [3.8, 4) is 0 Å². The van der Waals surface area contributed by atoms with Crippen LogP contribution in [0, 0.1) is 6.01 Å². The van der Waals surface area contributed by atoms with E-state index < -0.39 is 17.6 Å². The first kappa shape index (κ1) is 14.6. The van der Waals surface area contributed by atoms with Gasteiger partial charge in [0.15, 0.2) is 11.5 Å². The fourth-order valence-electron chi connectivity index (χ4n) is 1.96.